The molecule has 0 aliphatic carbocycles. The molecule has 2 unspecified atom stereocenters. The lowest BCUT2D eigenvalue weighted by atomic mass is 9.73. The van der Waals surface area contributed by atoms with Gasteiger partial charge in [-0.05, 0) is 67.1 Å². The highest BCUT2D eigenvalue weighted by atomic mass is 16.5. The Morgan fingerprint density at radius 1 is 1.26 bits per heavy atom. The summed E-state index contributed by atoms with van der Waals surface area (Å²) in [5, 5.41) is 22.4. The summed E-state index contributed by atoms with van der Waals surface area (Å²) in [6, 6.07) is 13.2. The van der Waals surface area contributed by atoms with Crippen molar-refractivity contribution in [1.29, 1.82) is 0 Å². The third kappa shape index (κ3) is 4.02. The van der Waals surface area contributed by atoms with Crippen LogP contribution in [-0.4, -0.2) is 52.3 Å². The molecular formula is C27H28N2O5. The summed E-state index contributed by atoms with van der Waals surface area (Å²) in [4.78, 5) is 19.5. The van der Waals surface area contributed by atoms with Crippen LogP contribution in [0.1, 0.15) is 34.9 Å². The van der Waals surface area contributed by atoms with Gasteiger partial charge in [-0.2, -0.15) is 0 Å². The lowest BCUT2D eigenvalue weighted by molar-refractivity contribution is -0.0445. The van der Waals surface area contributed by atoms with E-state index >= 15 is 0 Å². The summed E-state index contributed by atoms with van der Waals surface area (Å²) in [7, 11) is 1.59. The molecule has 176 valence electrons. The number of piperidine rings is 3. The number of phenols is 1. The number of hydrogen-bond acceptors (Lipinski definition) is 7. The van der Waals surface area contributed by atoms with Crippen LogP contribution in [0.5, 0.6) is 17.4 Å². The highest BCUT2D eigenvalue weighted by Gasteiger charge is 2.42. The van der Waals surface area contributed by atoms with Crippen LogP contribution in [0.2, 0.25) is 0 Å². The lowest BCUT2D eigenvalue weighted by Crippen LogP contribution is -2.54. The number of benzene rings is 2. The number of carbonyl (C=O) groups excluding carboxylic acids is 1. The third-order valence-electron chi connectivity index (χ3n) is 7.18. The van der Waals surface area contributed by atoms with E-state index < -0.39 is 12.1 Å². The predicted octanol–water partition coefficient (Wildman–Crippen LogP) is 4.10. The van der Waals surface area contributed by atoms with E-state index in [0.717, 1.165) is 31.3 Å². The van der Waals surface area contributed by atoms with Crippen molar-refractivity contribution >= 4 is 16.9 Å². The summed E-state index contributed by atoms with van der Waals surface area (Å²) in [5.74, 6) is 0.790. The average Bonchev–Trinajstić information content (AvgIpc) is 2.87. The molecule has 34 heavy (non-hydrogen) atoms. The van der Waals surface area contributed by atoms with Crippen LogP contribution in [0, 0.1) is 11.8 Å². The number of carbonyl (C=O) groups is 1. The maximum atomic E-state index is 12.7. The zero-order chi connectivity index (χ0) is 23.8. The van der Waals surface area contributed by atoms with Gasteiger partial charge in [0.25, 0.3) is 0 Å². The maximum absolute atomic E-state index is 12.7. The smallest absolute Gasteiger partial charge is 0.348 e. The van der Waals surface area contributed by atoms with E-state index in [1.807, 2.05) is 12.1 Å². The predicted molar refractivity (Wildman–Crippen MR) is 128 cm³/mol. The van der Waals surface area contributed by atoms with Crippen LogP contribution in [0.3, 0.4) is 0 Å². The number of pyridine rings is 1. The fourth-order valence-corrected chi connectivity index (χ4v) is 5.34. The van der Waals surface area contributed by atoms with Gasteiger partial charge < -0.3 is 19.7 Å². The first-order valence-electron chi connectivity index (χ1n) is 11.5. The molecule has 3 saturated heterocycles. The van der Waals surface area contributed by atoms with Gasteiger partial charge in [0, 0.05) is 24.0 Å². The van der Waals surface area contributed by atoms with Gasteiger partial charge in [-0.25, -0.2) is 9.78 Å². The maximum Gasteiger partial charge on any atom is 0.348 e. The summed E-state index contributed by atoms with van der Waals surface area (Å²) < 4.78 is 10.9. The number of ether oxygens (including phenoxy) is 2. The molecule has 2 aromatic carbocycles. The van der Waals surface area contributed by atoms with Crippen molar-refractivity contribution in [3.63, 3.8) is 0 Å². The minimum absolute atomic E-state index is 0.0477. The molecule has 0 amide bonds. The van der Waals surface area contributed by atoms with Crippen LogP contribution in [-0.2, 0) is 0 Å². The summed E-state index contributed by atoms with van der Waals surface area (Å²) >= 11 is 0. The SMILES string of the molecule is C=C[C@H]1CN2CCC1C[C@H]2[C@H](O)c1cc(OC(=O)c2ccccc2O)nc2ccc(OC)cc12. The zero-order valence-corrected chi connectivity index (χ0v) is 19.1. The van der Waals surface area contributed by atoms with Gasteiger partial charge >= 0.3 is 5.97 Å². The molecule has 3 aliphatic rings. The van der Waals surface area contributed by atoms with E-state index in [4.69, 9.17) is 9.47 Å². The minimum Gasteiger partial charge on any atom is -0.507 e. The molecule has 7 nitrogen and oxygen atoms in total. The van der Waals surface area contributed by atoms with Crippen LogP contribution in [0.4, 0.5) is 0 Å². The number of aromatic nitrogens is 1. The van der Waals surface area contributed by atoms with Gasteiger partial charge in [0.15, 0.2) is 0 Å². The Kier molecular flexibility index (Phi) is 5.98. The van der Waals surface area contributed by atoms with Crippen LogP contribution >= 0.6 is 0 Å². The van der Waals surface area contributed by atoms with Crippen molar-refractivity contribution in [2.24, 2.45) is 11.8 Å². The van der Waals surface area contributed by atoms with Gasteiger partial charge in [0.2, 0.25) is 5.88 Å². The molecule has 3 aromatic rings. The summed E-state index contributed by atoms with van der Waals surface area (Å²) in [5.41, 5.74) is 1.27. The van der Waals surface area contributed by atoms with E-state index in [2.05, 4.69) is 16.5 Å². The normalized spacial score (nSPS) is 24.5. The lowest BCUT2D eigenvalue weighted by Gasteiger charge is -2.50. The number of rotatable bonds is 6. The van der Waals surface area contributed by atoms with Crippen molar-refractivity contribution in [3.05, 3.63) is 72.3 Å². The van der Waals surface area contributed by atoms with Gasteiger partial charge in [0.05, 0.1) is 18.7 Å². The number of aliphatic hydroxyl groups excluding tert-OH is 1. The number of methoxy groups -OCH3 is 1. The number of hydrogen-bond donors (Lipinski definition) is 2. The van der Waals surface area contributed by atoms with Crippen LogP contribution in [0.25, 0.3) is 10.9 Å². The molecule has 6 rings (SSSR count). The molecule has 3 aliphatic heterocycles. The Bertz CT molecular complexity index is 1240. The monoisotopic (exact) mass is 460 g/mol. The number of aromatic hydroxyl groups is 1. The second-order valence-electron chi connectivity index (χ2n) is 9.03. The van der Waals surface area contributed by atoms with E-state index in [0.29, 0.717) is 28.7 Å². The van der Waals surface area contributed by atoms with Gasteiger partial charge in [-0.15, -0.1) is 6.58 Å². The first kappa shape index (κ1) is 22.4. The number of fused-ring (bicyclic) bond motifs is 4. The fraction of sp³-hybridized carbons (Fsp3) is 0.333. The van der Waals surface area contributed by atoms with Crippen molar-refractivity contribution in [2.75, 3.05) is 20.2 Å². The Hall–Kier alpha value is -3.42. The Labute approximate surface area is 198 Å². The molecule has 7 heteroatoms. The minimum atomic E-state index is -0.797. The topological polar surface area (TPSA) is 92.1 Å². The Balaban J connectivity index is 1.52. The highest BCUT2D eigenvalue weighted by Crippen LogP contribution is 2.43. The quantitative estimate of drug-likeness (QED) is 0.423. The molecule has 0 spiro atoms. The second-order valence-corrected chi connectivity index (χ2v) is 9.03. The molecule has 5 atom stereocenters. The van der Waals surface area contributed by atoms with Crippen molar-refractivity contribution in [3.8, 4) is 17.4 Å². The van der Waals surface area contributed by atoms with Crippen molar-refractivity contribution in [2.45, 2.75) is 25.0 Å². The van der Waals surface area contributed by atoms with Crippen LogP contribution in [0.15, 0.2) is 61.2 Å². The molecule has 3 fully saturated rings. The van der Waals surface area contributed by atoms with Gasteiger partial charge in [-0.3, -0.25) is 4.90 Å². The van der Waals surface area contributed by atoms with E-state index in [-0.39, 0.29) is 23.2 Å². The second kappa shape index (κ2) is 9.08. The molecular weight excluding hydrogens is 432 g/mol. The number of nitrogens with zero attached hydrogens (tertiary/aromatic N) is 2. The molecule has 1 aromatic heterocycles. The average molecular weight is 461 g/mol. The number of phenolic OH excluding ortho intramolecular Hbond substituents is 1. The standard InChI is InChI=1S/C27H28N2O5/c1-3-16-15-29-11-10-17(16)12-23(29)26(31)21-14-25(28-22-9-8-18(33-2)13-20(21)22)34-27(32)19-6-4-5-7-24(19)30/h3-9,13-14,16-17,23,26,30-31H,1,10-12,15H2,2H3/t16-,17?,23-,26+/m0/s1. The van der Waals surface area contributed by atoms with Crippen molar-refractivity contribution in [1.82, 2.24) is 9.88 Å². The largest absolute Gasteiger partial charge is 0.507 e. The van der Waals surface area contributed by atoms with E-state index in [1.165, 1.54) is 12.1 Å². The zero-order valence-electron chi connectivity index (χ0n) is 19.1. The van der Waals surface area contributed by atoms with Crippen molar-refractivity contribution < 1.29 is 24.5 Å². The number of esters is 1. The molecule has 0 saturated carbocycles. The van der Waals surface area contributed by atoms with Gasteiger partial charge in [-0.1, -0.05) is 18.2 Å². The molecule has 0 radical (unpaired) electrons. The Morgan fingerprint density at radius 2 is 2.09 bits per heavy atom. The molecule has 4 heterocycles. The third-order valence-corrected chi connectivity index (χ3v) is 7.18. The van der Waals surface area contributed by atoms with E-state index in [1.54, 1.807) is 37.4 Å². The summed E-state index contributed by atoms with van der Waals surface area (Å²) in [6.07, 6.45) is 3.21. The Morgan fingerprint density at radius 3 is 2.79 bits per heavy atom. The number of para-hydroxylation sites is 1. The molecule has 2 bridgehead atoms. The van der Waals surface area contributed by atoms with Crippen LogP contribution < -0.4 is 9.47 Å². The first-order valence-corrected chi connectivity index (χ1v) is 11.5. The fourth-order valence-electron chi connectivity index (χ4n) is 5.34. The molecule has 2 N–H and O–H groups in total. The summed E-state index contributed by atoms with van der Waals surface area (Å²) in [6.45, 7) is 5.81. The van der Waals surface area contributed by atoms with E-state index in [9.17, 15) is 15.0 Å². The highest BCUT2D eigenvalue weighted by molar-refractivity contribution is 5.94. The first-order chi connectivity index (χ1) is 16.5. The number of aliphatic hydroxyl groups is 1. The van der Waals surface area contributed by atoms with Gasteiger partial charge in [0.1, 0.15) is 17.1 Å².